The maximum absolute atomic E-state index is 3.69. The Labute approximate surface area is 114 Å². The van der Waals surface area contributed by atoms with Crippen LogP contribution in [0.25, 0.3) is 0 Å². The van der Waals surface area contributed by atoms with Crippen LogP contribution in [0.1, 0.15) is 48.0 Å². The van der Waals surface area contributed by atoms with Crippen molar-refractivity contribution in [3.05, 3.63) is 0 Å². The third-order valence-corrected chi connectivity index (χ3v) is 6.38. The van der Waals surface area contributed by atoms with Gasteiger partial charge in [0.2, 0.25) is 0 Å². The molecule has 1 aliphatic heterocycles. The molecule has 1 saturated heterocycles. The molecule has 2 unspecified atom stereocenters. The van der Waals surface area contributed by atoms with Gasteiger partial charge in [-0.1, -0.05) is 48.0 Å². The summed E-state index contributed by atoms with van der Waals surface area (Å²) >= 11 is 0. The van der Waals surface area contributed by atoms with Gasteiger partial charge in [-0.25, -0.2) is 0 Å². The molecule has 0 bridgehead atoms. The zero-order valence-corrected chi connectivity index (χ0v) is 13.2. The molecule has 2 rings (SSSR count). The molecule has 2 atom stereocenters. The molecule has 1 aliphatic carbocycles. The quantitative estimate of drug-likeness (QED) is 0.827. The Morgan fingerprint density at radius 1 is 1.22 bits per heavy atom. The number of nitrogens with zero attached hydrogens (tertiary/aromatic N) is 1. The van der Waals surface area contributed by atoms with Gasteiger partial charge in [0, 0.05) is 32.2 Å². The molecule has 2 aliphatic rings. The van der Waals surface area contributed by atoms with Crippen LogP contribution < -0.4 is 5.32 Å². The fourth-order valence-electron chi connectivity index (χ4n) is 3.72. The summed E-state index contributed by atoms with van der Waals surface area (Å²) in [6.07, 6.45) is 1.28. The van der Waals surface area contributed by atoms with Crippen LogP contribution in [0, 0.1) is 22.7 Å². The summed E-state index contributed by atoms with van der Waals surface area (Å²) in [6, 6.07) is 0.703. The monoisotopic (exact) mass is 252 g/mol. The van der Waals surface area contributed by atoms with Crippen LogP contribution in [0.3, 0.4) is 0 Å². The lowest BCUT2D eigenvalue weighted by molar-refractivity contribution is 0.155. The Morgan fingerprint density at radius 3 is 2.33 bits per heavy atom. The third-order valence-electron chi connectivity index (χ3n) is 6.38. The van der Waals surface area contributed by atoms with E-state index in [1.807, 2.05) is 0 Å². The molecule has 18 heavy (non-hydrogen) atoms. The van der Waals surface area contributed by atoms with Crippen molar-refractivity contribution in [2.75, 3.05) is 26.2 Å². The highest BCUT2D eigenvalue weighted by Crippen LogP contribution is 2.68. The summed E-state index contributed by atoms with van der Waals surface area (Å²) in [7, 11) is 0. The first-order valence-electron chi connectivity index (χ1n) is 7.76. The first kappa shape index (κ1) is 14.3. The minimum Gasteiger partial charge on any atom is -0.311 e. The molecule has 0 aromatic carbocycles. The second kappa shape index (κ2) is 4.79. The zero-order valence-electron chi connectivity index (χ0n) is 13.2. The van der Waals surface area contributed by atoms with Crippen molar-refractivity contribution in [2.45, 2.75) is 54.0 Å². The van der Waals surface area contributed by atoms with E-state index in [4.69, 9.17) is 0 Å². The molecule has 0 spiro atoms. The standard InChI is InChI=1S/C16H32N2/c1-7-12(2)13-10-18(9-8-17-13)11-14-15(3,4)16(14,5)6/h12-14,17H,7-11H2,1-6H3. The average molecular weight is 252 g/mol. The minimum atomic E-state index is 0.531. The highest BCUT2D eigenvalue weighted by Gasteiger charge is 2.64. The summed E-state index contributed by atoms with van der Waals surface area (Å²) in [6.45, 7) is 19.4. The van der Waals surface area contributed by atoms with E-state index in [0.29, 0.717) is 16.9 Å². The van der Waals surface area contributed by atoms with E-state index in [1.54, 1.807) is 0 Å². The predicted octanol–water partition coefficient (Wildman–Crippen LogP) is 2.99. The summed E-state index contributed by atoms with van der Waals surface area (Å²) < 4.78 is 0. The Balaban J connectivity index is 1.88. The first-order valence-corrected chi connectivity index (χ1v) is 7.76. The van der Waals surface area contributed by atoms with Gasteiger partial charge in [0.1, 0.15) is 0 Å². The van der Waals surface area contributed by atoms with Gasteiger partial charge in [0.15, 0.2) is 0 Å². The van der Waals surface area contributed by atoms with E-state index in [0.717, 1.165) is 11.8 Å². The van der Waals surface area contributed by atoms with E-state index < -0.39 is 0 Å². The fourth-order valence-corrected chi connectivity index (χ4v) is 3.72. The van der Waals surface area contributed by atoms with Crippen molar-refractivity contribution in [3.8, 4) is 0 Å². The average Bonchev–Trinajstić information content (AvgIpc) is 2.71. The minimum absolute atomic E-state index is 0.531. The largest absolute Gasteiger partial charge is 0.311 e. The van der Waals surface area contributed by atoms with E-state index in [9.17, 15) is 0 Å². The molecule has 2 heteroatoms. The molecule has 2 fully saturated rings. The first-order chi connectivity index (χ1) is 8.30. The Hall–Kier alpha value is -0.0800. The molecule has 0 aromatic rings. The van der Waals surface area contributed by atoms with Crippen LogP contribution in [0.15, 0.2) is 0 Å². The lowest BCUT2D eigenvalue weighted by Gasteiger charge is -2.37. The topological polar surface area (TPSA) is 15.3 Å². The third kappa shape index (κ3) is 2.34. The lowest BCUT2D eigenvalue weighted by Crippen LogP contribution is -2.53. The molecule has 0 aromatic heterocycles. The SMILES string of the molecule is CCC(C)C1CN(CC2C(C)(C)C2(C)C)CCN1. The summed E-state index contributed by atoms with van der Waals surface area (Å²) in [4.78, 5) is 2.70. The summed E-state index contributed by atoms with van der Waals surface area (Å²) in [5.41, 5.74) is 1.06. The van der Waals surface area contributed by atoms with Crippen molar-refractivity contribution in [1.29, 1.82) is 0 Å². The van der Waals surface area contributed by atoms with E-state index in [1.165, 1.54) is 32.6 Å². The smallest absolute Gasteiger partial charge is 0.0221 e. The van der Waals surface area contributed by atoms with Crippen LogP contribution in [-0.2, 0) is 0 Å². The number of piperazine rings is 1. The Morgan fingerprint density at radius 2 is 1.83 bits per heavy atom. The number of nitrogens with one attached hydrogen (secondary N) is 1. The zero-order chi connectivity index (χ0) is 13.6. The van der Waals surface area contributed by atoms with Gasteiger partial charge in [0.25, 0.3) is 0 Å². The molecule has 0 radical (unpaired) electrons. The van der Waals surface area contributed by atoms with Crippen LogP contribution in [-0.4, -0.2) is 37.1 Å². The Kier molecular flexibility index (Phi) is 3.81. The molecule has 0 amide bonds. The van der Waals surface area contributed by atoms with E-state index in [2.05, 4.69) is 51.8 Å². The fraction of sp³-hybridized carbons (Fsp3) is 1.00. The van der Waals surface area contributed by atoms with Gasteiger partial charge in [-0.15, -0.1) is 0 Å². The molecule has 1 N–H and O–H groups in total. The maximum Gasteiger partial charge on any atom is 0.0221 e. The molecule has 2 nitrogen and oxygen atoms in total. The second-order valence-electron chi connectivity index (χ2n) is 7.70. The number of rotatable bonds is 4. The number of hydrogen-bond acceptors (Lipinski definition) is 2. The summed E-state index contributed by atoms with van der Waals surface area (Å²) in [5.74, 6) is 1.67. The highest BCUT2D eigenvalue weighted by molar-refractivity contribution is 5.13. The van der Waals surface area contributed by atoms with Crippen LogP contribution in [0.4, 0.5) is 0 Å². The molecular formula is C16H32N2. The van der Waals surface area contributed by atoms with Gasteiger partial charge < -0.3 is 10.2 Å². The normalized spacial score (nSPS) is 33.3. The molecule has 1 heterocycles. The van der Waals surface area contributed by atoms with Crippen molar-refractivity contribution in [2.24, 2.45) is 22.7 Å². The molecular weight excluding hydrogens is 220 g/mol. The maximum atomic E-state index is 3.69. The number of hydrogen-bond donors (Lipinski definition) is 1. The van der Waals surface area contributed by atoms with Crippen LogP contribution >= 0.6 is 0 Å². The van der Waals surface area contributed by atoms with Gasteiger partial charge in [-0.05, 0) is 22.7 Å². The van der Waals surface area contributed by atoms with Gasteiger partial charge >= 0.3 is 0 Å². The van der Waals surface area contributed by atoms with Crippen molar-refractivity contribution in [3.63, 3.8) is 0 Å². The molecule has 1 saturated carbocycles. The molecule has 106 valence electrons. The van der Waals surface area contributed by atoms with E-state index in [-0.39, 0.29) is 0 Å². The summed E-state index contributed by atoms with van der Waals surface area (Å²) in [5, 5.41) is 3.69. The lowest BCUT2D eigenvalue weighted by atomic mass is 9.97. The van der Waals surface area contributed by atoms with Crippen molar-refractivity contribution in [1.82, 2.24) is 10.2 Å². The van der Waals surface area contributed by atoms with Crippen LogP contribution in [0.2, 0.25) is 0 Å². The van der Waals surface area contributed by atoms with Crippen molar-refractivity contribution < 1.29 is 0 Å². The highest BCUT2D eigenvalue weighted by atomic mass is 15.2. The van der Waals surface area contributed by atoms with E-state index >= 15 is 0 Å². The van der Waals surface area contributed by atoms with Gasteiger partial charge in [0.05, 0.1) is 0 Å². The van der Waals surface area contributed by atoms with Crippen molar-refractivity contribution >= 4 is 0 Å². The Bertz CT molecular complexity index is 281. The second-order valence-corrected chi connectivity index (χ2v) is 7.70. The van der Waals surface area contributed by atoms with Gasteiger partial charge in [-0.2, -0.15) is 0 Å². The van der Waals surface area contributed by atoms with Gasteiger partial charge in [-0.3, -0.25) is 0 Å². The predicted molar refractivity (Wildman–Crippen MR) is 78.7 cm³/mol. The van der Waals surface area contributed by atoms with Crippen LogP contribution in [0.5, 0.6) is 0 Å².